The molecule has 0 saturated carbocycles. The second-order valence-electron chi connectivity index (χ2n) is 4.71. The van der Waals surface area contributed by atoms with Gasteiger partial charge in [0.05, 0.1) is 5.69 Å². The molecule has 3 rings (SSSR count). The smallest absolute Gasteiger partial charge is 0.289 e. The molecule has 5 nitrogen and oxygen atoms in total. The lowest BCUT2D eigenvalue weighted by molar-refractivity contribution is -0.121. The van der Waals surface area contributed by atoms with Crippen LogP contribution in [0.15, 0.2) is 23.2 Å². The van der Waals surface area contributed by atoms with Gasteiger partial charge < -0.3 is 11.1 Å². The molecule has 2 aliphatic heterocycles. The molecule has 1 amide bonds. The van der Waals surface area contributed by atoms with Gasteiger partial charge in [-0.3, -0.25) is 9.69 Å². The molecule has 1 unspecified atom stereocenters. The maximum Gasteiger partial charge on any atom is 0.289 e. The highest BCUT2D eigenvalue weighted by atomic mass is 16.2. The van der Waals surface area contributed by atoms with Crippen molar-refractivity contribution in [1.29, 1.82) is 0 Å². The van der Waals surface area contributed by atoms with Crippen LogP contribution in [0.3, 0.4) is 0 Å². The van der Waals surface area contributed by atoms with Crippen LogP contribution in [0.25, 0.3) is 0 Å². The Labute approximate surface area is 99.3 Å². The van der Waals surface area contributed by atoms with Gasteiger partial charge in [0.15, 0.2) is 5.66 Å². The first-order valence-electron chi connectivity index (χ1n) is 5.56. The first-order valence-corrected chi connectivity index (χ1v) is 5.56. The van der Waals surface area contributed by atoms with E-state index in [2.05, 4.69) is 16.4 Å². The minimum Gasteiger partial charge on any atom is -0.351 e. The van der Waals surface area contributed by atoms with Crippen molar-refractivity contribution >= 4 is 17.6 Å². The van der Waals surface area contributed by atoms with Crippen LogP contribution in [0.4, 0.5) is 5.69 Å². The molecule has 1 aromatic carbocycles. The summed E-state index contributed by atoms with van der Waals surface area (Å²) in [5.41, 5.74) is 8.25. The van der Waals surface area contributed by atoms with Crippen molar-refractivity contribution in [1.82, 2.24) is 5.32 Å². The Morgan fingerprint density at radius 2 is 2.29 bits per heavy atom. The number of nitrogens with one attached hydrogen (secondary N) is 1. The predicted octanol–water partition coefficient (Wildman–Crippen LogP) is 0.476. The van der Waals surface area contributed by atoms with E-state index in [1.54, 1.807) is 11.8 Å². The zero-order valence-electron chi connectivity index (χ0n) is 9.82. The molecular formula is C12H14N4O. The summed E-state index contributed by atoms with van der Waals surface area (Å²) in [7, 11) is 0. The Balaban J connectivity index is 2.18. The third kappa shape index (κ3) is 1.29. The maximum atomic E-state index is 11.7. The molecule has 0 spiro atoms. The minimum absolute atomic E-state index is 0.312. The normalized spacial score (nSPS) is 26.2. The lowest BCUT2D eigenvalue weighted by atomic mass is 10.0. The molecule has 0 aromatic heterocycles. The summed E-state index contributed by atoms with van der Waals surface area (Å²) in [5, 5.41) is 3.13. The van der Waals surface area contributed by atoms with E-state index in [9.17, 15) is 4.79 Å². The molecule has 2 heterocycles. The molecule has 17 heavy (non-hydrogen) atoms. The Kier molecular flexibility index (Phi) is 1.86. The second-order valence-corrected chi connectivity index (χ2v) is 4.71. The molecule has 2 aliphatic rings. The molecule has 1 atom stereocenters. The van der Waals surface area contributed by atoms with E-state index >= 15 is 0 Å². The average Bonchev–Trinajstić information content (AvgIpc) is 2.50. The van der Waals surface area contributed by atoms with E-state index in [-0.39, 0.29) is 5.91 Å². The molecule has 5 heteroatoms. The first-order chi connectivity index (χ1) is 8.00. The number of hydrogen-bond acceptors (Lipinski definition) is 4. The van der Waals surface area contributed by atoms with Gasteiger partial charge in [0.1, 0.15) is 0 Å². The molecule has 0 aliphatic carbocycles. The standard InChI is InChI=1S/C12H14N4O/c1-7-3-4-9-8(5-7)6-14-11-15-10(17)12(2,13)16(9)11/h3-5H,6,13H2,1-2H3,(H,14,15,17). The van der Waals surface area contributed by atoms with E-state index in [4.69, 9.17) is 5.73 Å². The van der Waals surface area contributed by atoms with Crippen molar-refractivity contribution < 1.29 is 4.79 Å². The molecular weight excluding hydrogens is 216 g/mol. The maximum absolute atomic E-state index is 11.7. The number of carbonyl (C=O) groups excluding carboxylic acids is 1. The van der Waals surface area contributed by atoms with Gasteiger partial charge in [-0.25, -0.2) is 0 Å². The van der Waals surface area contributed by atoms with Gasteiger partial charge in [0.25, 0.3) is 5.91 Å². The van der Waals surface area contributed by atoms with Crippen molar-refractivity contribution in [2.24, 2.45) is 10.7 Å². The quantitative estimate of drug-likeness (QED) is 0.680. The number of aliphatic imine (C=N–C) groups is 1. The zero-order valence-corrected chi connectivity index (χ0v) is 9.82. The van der Waals surface area contributed by atoms with E-state index < -0.39 is 5.66 Å². The Morgan fingerprint density at radius 1 is 1.53 bits per heavy atom. The summed E-state index contributed by atoms with van der Waals surface area (Å²) in [5.74, 6) is 0.241. The first kappa shape index (κ1) is 10.3. The summed E-state index contributed by atoms with van der Waals surface area (Å²) < 4.78 is 0. The monoisotopic (exact) mass is 230 g/mol. The molecule has 0 saturated heterocycles. The van der Waals surface area contributed by atoms with Crippen LogP contribution in [0, 0.1) is 6.92 Å². The lowest BCUT2D eigenvalue weighted by Crippen LogP contribution is -2.60. The van der Waals surface area contributed by atoms with Gasteiger partial charge in [-0.05, 0) is 25.5 Å². The number of anilines is 1. The lowest BCUT2D eigenvalue weighted by Gasteiger charge is -2.36. The molecule has 88 valence electrons. The predicted molar refractivity (Wildman–Crippen MR) is 65.5 cm³/mol. The number of hydrogen-bond donors (Lipinski definition) is 2. The second kappa shape index (κ2) is 3.07. The zero-order chi connectivity index (χ0) is 12.2. The summed E-state index contributed by atoms with van der Waals surface area (Å²) in [6.07, 6.45) is 0. The molecule has 3 N–H and O–H groups in total. The Hall–Kier alpha value is -1.88. The van der Waals surface area contributed by atoms with Gasteiger partial charge >= 0.3 is 0 Å². The number of carbonyl (C=O) groups is 1. The third-order valence-electron chi connectivity index (χ3n) is 3.23. The van der Waals surface area contributed by atoms with Gasteiger partial charge in [0, 0.05) is 6.54 Å². The summed E-state index contributed by atoms with van der Waals surface area (Å²) in [6, 6.07) is 6.10. The summed E-state index contributed by atoms with van der Waals surface area (Å²) in [6.45, 7) is 4.40. The van der Waals surface area contributed by atoms with Gasteiger partial charge in [0.2, 0.25) is 5.96 Å². The number of amides is 1. The van der Waals surface area contributed by atoms with Crippen LogP contribution in [-0.4, -0.2) is 17.5 Å². The third-order valence-corrected chi connectivity index (χ3v) is 3.23. The largest absolute Gasteiger partial charge is 0.351 e. The fourth-order valence-corrected chi connectivity index (χ4v) is 2.31. The number of fused-ring (bicyclic) bond motifs is 3. The highest BCUT2D eigenvalue weighted by molar-refractivity contribution is 6.16. The van der Waals surface area contributed by atoms with Crippen molar-refractivity contribution in [3.05, 3.63) is 29.3 Å². The average molecular weight is 230 g/mol. The molecule has 0 bridgehead atoms. The number of guanidine groups is 1. The highest BCUT2D eigenvalue weighted by Gasteiger charge is 2.46. The van der Waals surface area contributed by atoms with Crippen LogP contribution >= 0.6 is 0 Å². The molecule has 0 fully saturated rings. The van der Waals surface area contributed by atoms with E-state index in [0.717, 1.165) is 11.3 Å². The van der Waals surface area contributed by atoms with Gasteiger partial charge in [-0.1, -0.05) is 17.7 Å². The highest BCUT2D eigenvalue weighted by Crippen LogP contribution is 2.33. The SMILES string of the molecule is Cc1ccc2c(c1)CNC1=NC(=O)C(C)(N)N12. The summed E-state index contributed by atoms with van der Waals surface area (Å²) >= 11 is 0. The van der Waals surface area contributed by atoms with Crippen molar-refractivity contribution in [2.45, 2.75) is 26.1 Å². The van der Waals surface area contributed by atoms with Crippen LogP contribution < -0.4 is 16.0 Å². The Morgan fingerprint density at radius 3 is 3.06 bits per heavy atom. The van der Waals surface area contributed by atoms with E-state index in [1.807, 2.05) is 19.1 Å². The van der Waals surface area contributed by atoms with Crippen LogP contribution in [0.1, 0.15) is 18.1 Å². The minimum atomic E-state index is -1.09. The fourth-order valence-electron chi connectivity index (χ4n) is 2.31. The van der Waals surface area contributed by atoms with Gasteiger partial charge in [-0.15, -0.1) is 0 Å². The van der Waals surface area contributed by atoms with Crippen molar-refractivity contribution in [3.8, 4) is 0 Å². The van der Waals surface area contributed by atoms with E-state index in [1.165, 1.54) is 5.56 Å². The molecule has 1 aromatic rings. The van der Waals surface area contributed by atoms with E-state index in [0.29, 0.717) is 12.5 Å². The summed E-state index contributed by atoms with van der Waals surface area (Å²) in [4.78, 5) is 17.5. The molecule has 0 radical (unpaired) electrons. The van der Waals surface area contributed by atoms with Crippen molar-refractivity contribution in [3.63, 3.8) is 0 Å². The topological polar surface area (TPSA) is 70.7 Å². The number of aryl methyl sites for hydroxylation is 1. The van der Waals surface area contributed by atoms with Crippen LogP contribution in [0.2, 0.25) is 0 Å². The number of benzene rings is 1. The van der Waals surface area contributed by atoms with Crippen LogP contribution in [-0.2, 0) is 11.3 Å². The van der Waals surface area contributed by atoms with Crippen molar-refractivity contribution in [2.75, 3.05) is 4.90 Å². The number of nitrogens with two attached hydrogens (primary N) is 1. The Bertz CT molecular complexity index is 547. The number of nitrogens with zero attached hydrogens (tertiary/aromatic N) is 2. The number of rotatable bonds is 0. The fraction of sp³-hybridized carbons (Fsp3) is 0.333. The van der Waals surface area contributed by atoms with Gasteiger partial charge in [-0.2, -0.15) is 4.99 Å². The van der Waals surface area contributed by atoms with Crippen LogP contribution in [0.5, 0.6) is 0 Å².